The van der Waals surface area contributed by atoms with Crippen molar-refractivity contribution in [1.82, 2.24) is 5.32 Å². The lowest BCUT2D eigenvalue weighted by atomic mass is 10.0. The van der Waals surface area contributed by atoms with Gasteiger partial charge in [0, 0.05) is 12.1 Å². The molecule has 1 fully saturated rings. The Hall–Kier alpha value is -1.02. The number of ether oxygens (including phenoxy) is 1. The quantitative estimate of drug-likeness (QED) is 0.838. The highest BCUT2D eigenvalue weighted by molar-refractivity contribution is 5.33. The van der Waals surface area contributed by atoms with Crippen molar-refractivity contribution >= 4 is 0 Å². The molecule has 1 N–H and O–H groups in total. The fourth-order valence-electron chi connectivity index (χ4n) is 3.21. The third kappa shape index (κ3) is 2.85. The van der Waals surface area contributed by atoms with Crippen LogP contribution in [-0.4, -0.2) is 12.6 Å². The summed E-state index contributed by atoms with van der Waals surface area (Å²) in [5, 5.41) is 3.61. The molecule has 0 heterocycles. The van der Waals surface area contributed by atoms with Gasteiger partial charge in [-0.2, -0.15) is 0 Å². The molecule has 0 spiro atoms. The number of hydrogen-bond acceptors (Lipinski definition) is 2. The van der Waals surface area contributed by atoms with Gasteiger partial charge in [0.15, 0.2) is 0 Å². The van der Waals surface area contributed by atoms with E-state index in [1.807, 2.05) is 6.07 Å². The van der Waals surface area contributed by atoms with E-state index in [1.54, 1.807) is 0 Å². The first-order valence-corrected chi connectivity index (χ1v) is 7.72. The topological polar surface area (TPSA) is 21.3 Å². The molecule has 0 aromatic heterocycles. The second kappa shape index (κ2) is 5.40. The summed E-state index contributed by atoms with van der Waals surface area (Å²) in [5.74, 6) is 1.76. The normalized spacial score (nSPS) is 20.1. The van der Waals surface area contributed by atoms with Crippen LogP contribution in [0.25, 0.3) is 0 Å². The minimum Gasteiger partial charge on any atom is -0.491 e. The summed E-state index contributed by atoms with van der Waals surface area (Å²) in [6.45, 7) is 15.6. The molecule has 0 radical (unpaired) electrons. The summed E-state index contributed by atoms with van der Waals surface area (Å²) < 4.78 is 5.86. The van der Waals surface area contributed by atoms with Gasteiger partial charge in [-0.15, -0.1) is 0 Å². The average Bonchev–Trinajstić information content (AvgIpc) is 2.73. The summed E-state index contributed by atoms with van der Waals surface area (Å²) in [6, 6.07) is 8.32. The van der Waals surface area contributed by atoms with Crippen molar-refractivity contribution in [3.63, 3.8) is 0 Å². The zero-order chi connectivity index (χ0) is 15.0. The van der Waals surface area contributed by atoms with Crippen molar-refractivity contribution in [2.45, 2.75) is 54.2 Å². The summed E-state index contributed by atoms with van der Waals surface area (Å²) in [5.41, 5.74) is 2.15. The van der Waals surface area contributed by atoms with Gasteiger partial charge in [-0.05, 0) is 43.2 Å². The third-order valence-electron chi connectivity index (χ3n) is 5.32. The molecule has 1 saturated carbocycles. The molecule has 112 valence electrons. The second-order valence-electron chi connectivity index (χ2n) is 7.40. The van der Waals surface area contributed by atoms with Crippen LogP contribution >= 0.6 is 0 Å². The summed E-state index contributed by atoms with van der Waals surface area (Å²) in [6.07, 6.45) is 0.220. The van der Waals surface area contributed by atoms with Crippen LogP contribution in [0.3, 0.4) is 0 Å². The second-order valence-corrected chi connectivity index (χ2v) is 7.40. The van der Waals surface area contributed by atoms with E-state index in [-0.39, 0.29) is 6.10 Å². The zero-order valence-electron chi connectivity index (χ0n) is 13.8. The SMILES string of the molecule is CC(C)Oc1ccccc1CNCC1C(C)(C)C1(C)C. The van der Waals surface area contributed by atoms with Crippen LogP contribution < -0.4 is 10.1 Å². The fraction of sp³-hybridized carbons (Fsp3) is 0.667. The predicted molar refractivity (Wildman–Crippen MR) is 85.0 cm³/mol. The molecule has 1 aromatic rings. The molecular weight excluding hydrogens is 246 g/mol. The number of hydrogen-bond donors (Lipinski definition) is 1. The van der Waals surface area contributed by atoms with Crippen LogP contribution in [0.4, 0.5) is 0 Å². The summed E-state index contributed by atoms with van der Waals surface area (Å²) >= 11 is 0. The predicted octanol–water partition coefficient (Wildman–Crippen LogP) is 4.25. The lowest BCUT2D eigenvalue weighted by molar-refractivity contribution is 0.239. The van der Waals surface area contributed by atoms with Gasteiger partial charge in [0.2, 0.25) is 0 Å². The van der Waals surface area contributed by atoms with E-state index in [1.165, 1.54) is 5.56 Å². The summed E-state index contributed by atoms with van der Waals surface area (Å²) in [7, 11) is 0. The Morgan fingerprint density at radius 3 is 2.25 bits per heavy atom. The molecule has 1 aliphatic carbocycles. The number of rotatable bonds is 6. The molecule has 1 aliphatic rings. The molecule has 0 bridgehead atoms. The van der Waals surface area contributed by atoms with E-state index in [2.05, 4.69) is 65.1 Å². The van der Waals surface area contributed by atoms with Gasteiger partial charge in [0.05, 0.1) is 6.10 Å². The molecule has 0 atom stereocenters. The molecule has 2 heteroatoms. The van der Waals surface area contributed by atoms with E-state index in [0.29, 0.717) is 10.8 Å². The average molecular weight is 275 g/mol. The molecular formula is C18H29NO. The molecule has 2 rings (SSSR count). The largest absolute Gasteiger partial charge is 0.491 e. The van der Waals surface area contributed by atoms with Crippen molar-refractivity contribution in [2.75, 3.05) is 6.54 Å². The minimum atomic E-state index is 0.220. The first-order valence-electron chi connectivity index (χ1n) is 7.72. The van der Waals surface area contributed by atoms with E-state index in [4.69, 9.17) is 4.74 Å². The minimum absolute atomic E-state index is 0.220. The van der Waals surface area contributed by atoms with Crippen LogP contribution in [0, 0.1) is 16.7 Å². The number of benzene rings is 1. The Bertz CT molecular complexity index is 448. The van der Waals surface area contributed by atoms with Crippen molar-refractivity contribution in [3.8, 4) is 5.75 Å². The molecule has 0 amide bonds. The molecule has 0 aliphatic heterocycles. The van der Waals surface area contributed by atoms with Crippen molar-refractivity contribution in [3.05, 3.63) is 29.8 Å². The van der Waals surface area contributed by atoms with Gasteiger partial charge in [-0.25, -0.2) is 0 Å². The van der Waals surface area contributed by atoms with Crippen molar-refractivity contribution < 1.29 is 4.74 Å². The standard InChI is InChI=1S/C18H29NO/c1-13(2)20-15-10-8-7-9-14(15)11-19-12-16-17(3,4)18(16,5)6/h7-10,13,16,19H,11-12H2,1-6H3. The van der Waals surface area contributed by atoms with Gasteiger partial charge in [-0.3, -0.25) is 0 Å². The number of para-hydroxylation sites is 1. The van der Waals surface area contributed by atoms with Crippen LogP contribution in [0.1, 0.15) is 47.1 Å². The third-order valence-corrected chi connectivity index (χ3v) is 5.32. The van der Waals surface area contributed by atoms with Crippen LogP contribution in [0.5, 0.6) is 5.75 Å². The van der Waals surface area contributed by atoms with Crippen LogP contribution in [0.2, 0.25) is 0 Å². The van der Waals surface area contributed by atoms with Gasteiger partial charge in [0.25, 0.3) is 0 Å². The van der Waals surface area contributed by atoms with Gasteiger partial charge >= 0.3 is 0 Å². The van der Waals surface area contributed by atoms with Crippen LogP contribution in [-0.2, 0) is 6.54 Å². The Labute approximate surface area is 123 Å². The highest BCUT2D eigenvalue weighted by Crippen LogP contribution is 2.67. The maximum atomic E-state index is 5.86. The summed E-state index contributed by atoms with van der Waals surface area (Å²) in [4.78, 5) is 0. The first kappa shape index (κ1) is 15.4. The van der Waals surface area contributed by atoms with Gasteiger partial charge in [-0.1, -0.05) is 45.9 Å². The highest BCUT2D eigenvalue weighted by Gasteiger charge is 2.63. The van der Waals surface area contributed by atoms with Crippen molar-refractivity contribution in [1.29, 1.82) is 0 Å². The first-order chi connectivity index (χ1) is 9.26. The fourth-order valence-corrected chi connectivity index (χ4v) is 3.21. The van der Waals surface area contributed by atoms with Gasteiger partial charge in [0.1, 0.15) is 5.75 Å². The number of nitrogens with one attached hydrogen (secondary N) is 1. The highest BCUT2D eigenvalue weighted by atomic mass is 16.5. The Kier molecular flexibility index (Phi) is 4.15. The molecule has 1 aromatic carbocycles. The van der Waals surface area contributed by atoms with E-state index >= 15 is 0 Å². The Morgan fingerprint density at radius 1 is 1.10 bits per heavy atom. The van der Waals surface area contributed by atoms with E-state index < -0.39 is 0 Å². The smallest absolute Gasteiger partial charge is 0.124 e. The maximum absolute atomic E-state index is 5.86. The monoisotopic (exact) mass is 275 g/mol. The van der Waals surface area contributed by atoms with E-state index in [9.17, 15) is 0 Å². The molecule has 0 unspecified atom stereocenters. The molecule has 0 saturated heterocycles. The molecule has 2 nitrogen and oxygen atoms in total. The maximum Gasteiger partial charge on any atom is 0.124 e. The lowest BCUT2D eigenvalue weighted by Gasteiger charge is -2.15. The Morgan fingerprint density at radius 2 is 1.70 bits per heavy atom. The lowest BCUT2D eigenvalue weighted by Crippen LogP contribution is -2.19. The van der Waals surface area contributed by atoms with Crippen LogP contribution in [0.15, 0.2) is 24.3 Å². The van der Waals surface area contributed by atoms with E-state index in [0.717, 1.165) is 24.8 Å². The van der Waals surface area contributed by atoms with Gasteiger partial charge < -0.3 is 10.1 Å². The molecule has 20 heavy (non-hydrogen) atoms. The van der Waals surface area contributed by atoms with Crippen molar-refractivity contribution in [2.24, 2.45) is 16.7 Å². The zero-order valence-corrected chi connectivity index (χ0v) is 13.8. The Balaban J connectivity index is 1.89.